The Kier molecular flexibility index (Phi) is 2.95. The van der Waals surface area contributed by atoms with E-state index < -0.39 is 0 Å². The number of hydrogen-bond donors (Lipinski definition) is 4. The molecule has 0 fully saturated rings. The second-order valence-electron chi connectivity index (χ2n) is 3.41. The van der Waals surface area contributed by atoms with E-state index in [0.29, 0.717) is 16.8 Å². The van der Waals surface area contributed by atoms with Gasteiger partial charge in [-0.3, -0.25) is 10.5 Å². The van der Waals surface area contributed by atoms with Crippen molar-refractivity contribution in [1.82, 2.24) is 10.2 Å². The Hall–Kier alpha value is -1.72. The van der Waals surface area contributed by atoms with E-state index >= 15 is 0 Å². The van der Waals surface area contributed by atoms with Crippen molar-refractivity contribution in [3.8, 4) is 0 Å². The Morgan fingerprint density at radius 1 is 1.35 bits per heavy atom. The highest BCUT2D eigenvalue weighted by molar-refractivity contribution is 6.44. The van der Waals surface area contributed by atoms with Crippen molar-refractivity contribution < 1.29 is 0 Å². The molecule has 2 aromatic rings. The Balaban J connectivity index is 2.61. The van der Waals surface area contributed by atoms with Gasteiger partial charge in [0.05, 0.1) is 27.6 Å². The van der Waals surface area contributed by atoms with E-state index in [1.807, 2.05) is 0 Å². The maximum Gasteiger partial charge on any atom is 0.0830 e. The van der Waals surface area contributed by atoms with Crippen molar-refractivity contribution in [2.24, 2.45) is 0 Å². The highest BCUT2D eigenvalue weighted by Gasteiger charge is 2.17. The Morgan fingerprint density at radius 2 is 2.06 bits per heavy atom. The molecule has 2 rings (SSSR count). The van der Waals surface area contributed by atoms with Gasteiger partial charge in [0.2, 0.25) is 0 Å². The van der Waals surface area contributed by atoms with E-state index in [9.17, 15) is 0 Å². The van der Waals surface area contributed by atoms with Crippen LogP contribution in [0, 0.1) is 5.41 Å². The number of benzene rings is 1. The number of nitrogens with one attached hydrogen (secondary N) is 2. The van der Waals surface area contributed by atoms with Gasteiger partial charge in [0.25, 0.3) is 0 Å². The second kappa shape index (κ2) is 4.27. The van der Waals surface area contributed by atoms with Crippen LogP contribution in [0.15, 0.2) is 18.5 Å². The second-order valence-corrected chi connectivity index (χ2v) is 4.20. The molecule has 5 nitrogen and oxygen atoms in total. The first-order chi connectivity index (χ1) is 8.02. The third-order valence-electron chi connectivity index (χ3n) is 2.32. The molecule has 88 valence electrons. The molecule has 6 N–H and O–H groups in total. The van der Waals surface area contributed by atoms with Crippen LogP contribution in [0.5, 0.6) is 0 Å². The molecule has 17 heavy (non-hydrogen) atoms. The van der Waals surface area contributed by atoms with Crippen molar-refractivity contribution in [2.75, 3.05) is 11.5 Å². The summed E-state index contributed by atoms with van der Waals surface area (Å²) >= 11 is 11.8. The molecule has 0 bridgehead atoms. The minimum absolute atomic E-state index is 0.146. The number of aromatic nitrogens is 2. The lowest BCUT2D eigenvalue weighted by atomic mass is 10.0. The summed E-state index contributed by atoms with van der Waals surface area (Å²) in [6, 6.07) is 1.48. The molecule has 0 unspecified atom stereocenters. The molecule has 0 saturated heterocycles. The molecule has 1 heterocycles. The smallest absolute Gasteiger partial charge is 0.0830 e. The minimum Gasteiger partial charge on any atom is -0.398 e. The first-order valence-electron chi connectivity index (χ1n) is 4.63. The van der Waals surface area contributed by atoms with Crippen LogP contribution in [0.25, 0.3) is 0 Å². The lowest BCUT2D eigenvalue weighted by Gasteiger charge is -2.12. The molecular formula is C10H9Cl2N5. The van der Waals surface area contributed by atoms with Crippen LogP contribution in [-0.2, 0) is 0 Å². The number of nitrogens with two attached hydrogens (primary N) is 2. The van der Waals surface area contributed by atoms with Crippen LogP contribution >= 0.6 is 23.2 Å². The van der Waals surface area contributed by atoms with Gasteiger partial charge in [-0.2, -0.15) is 5.10 Å². The monoisotopic (exact) mass is 269 g/mol. The summed E-state index contributed by atoms with van der Waals surface area (Å²) in [7, 11) is 0. The van der Waals surface area contributed by atoms with Gasteiger partial charge < -0.3 is 11.5 Å². The van der Waals surface area contributed by atoms with E-state index in [0.717, 1.165) is 0 Å². The molecule has 0 aliphatic rings. The van der Waals surface area contributed by atoms with E-state index in [1.165, 1.54) is 12.3 Å². The summed E-state index contributed by atoms with van der Waals surface area (Å²) in [5, 5.41) is 14.9. The maximum absolute atomic E-state index is 8.01. The van der Waals surface area contributed by atoms with Gasteiger partial charge in [-0.15, -0.1) is 0 Å². The first kappa shape index (κ1) is 11.8. The van der Waals surface area contributed by atoms with Crippen molar-refractivity contribution >= 4 is 40.3 Å². The van der Waals surface area contributed by atoms with E-state index in [1.54, 1.807) is 6.20 Å². The van der Waals surface area contributed by atoms with Gasteiger partial charge in [0.1, 0.15) is 0 Å². The molecule has 7 heteroatoms. The molecule has 0 saturated carbocycles. The molecule has 0 aliphatic heterocycles. The van der Waals surface area contributed by atoms with Gasteiger partial charge >= 0.3 is 0 Å². The van der Waals surface area contributed by atoms with Crippen molar-refractivity contribution in [2.45, 2.75) is 0 Å². The molecule has 1 aromatic heterocycles. The zero-order valence-corrected chi connectivity index (χ0v) is 10.1. The molecule has 0 radical (unpaired) electrons. The zero-order valence-electron chi connectivity index (χ0n) is 8.59. The van der Waals surface area contributed by atoms with Gasteiger partial charge in [-0.1, -0.05) is 23.2 Å². The maximum atomic E-state index is 8.01. The summed E-state index contributed by atoms with van der Waals surface area (Å²) < 4.78 is 0. The third kappa shape index (κ3) is 1.94. The van der Waals surface area contributed by atoms with E-state index in [-0.39, 0.29) is 21.4 Å². The summed E-state index contributed by atoms with van der Waals surface area (Å²) in [5.41, 5.74) is 13.2. The summed E-state index contributed by atoms with van der Waals surface area (Å²) in [6.45, 7) is 0. The van der Waals surface area contributed by atoms with Crippen molar-refractivity contribution in [1.29, 1.82) is 5.41 Å². The molecule has 1 aromatic carbocycles. The predicted octanol–water partition coefficient (Wildman–Crippen LogP) is 2.30. The molecule has 0 aliphatic carbocycles. The normalized spacial score (nSPS) is 10.5. The zero-order chi connectivity index (χ0) is 12.6. The van der Waals surface area contributed by atoms with Gasteiger partial charge in [0, 0.05) is 23.0 Å². The van der Waals surface area contributed by atoms with Crippen LogP contribution in [0.4, 0.5) is 11.4 Å². The predicted molar refractivity (Wildman–Crippen MR) is 69.8 cm³/mol. The topological polar surface area (TPSA) is 105 Å². The van der Waals surface area contributed by atoms with Gasteiger partial charge in [-0.25, -0.2) is 0 Å². The average molecular weight is 270 g/mol. The Bertz CT molecular complexity index is 577. The van der Waals surface area contributed by atoms with E-state index in [4.69, 9.17) is 40.1 Å². The fourth-order valence-corrected chi connectivity index (χ4v) is 1.85. The number of H-pyrrole nitrogens is 1. The van der Waals surface area contributed by atoms with Crippen LogP contribution < -0.4 is 11.5 Å². The van der Waals surface area contributed by atoms with Crippen LogP contribution in [-0.4, -0.2) is 15.9 Å². The average Bonchev–Trinajstić information content (AvgIpc) is 2.79. The van der Waals surface area contributed by atoms with Crippen LogP contribution in [0.1, 0.15) is 11.1 Å². The molecule has 0 atom stereocenters. The number of nitrogen functional groups attached to an aromatic ring is 2. The van der Waals surface area contributed by atoms with Gasteiger partial charge in [-0.05, 0) is 6.07 Å². The molecule has 0 spiro atoms. The van der Waals surface area contributed by atoms with Crippen molar-refractivity contribution in [3.63, 3.8) is 0 Å². The third-order valence-corrected chi connectivity index (χ3v) is 3.13. The highest BCUT2D eigenvalue weighted by atomic mass is 35.5. The molecule has 0 amide bonds. The Morgan fingerprint density at radius 3 is 2.65 bits per heavy atom. The number of halogens is 2. The number of nitrogens with zero attached hydrogens (tertiary/aromatic N) is 1. The number of aromatic amines is 1. The molecular weight excluding hydrogens is 261 g/mol. The first-order valence-corrected chi connectivity index (χ1v) is 5.39. The minimum atomic E-state index is 0.146. The standard InChI is InChI=1S/C10H9Cl2N5/c11-5-1-6(13)7(10(15)8(5)12)9(14)4-2-16-17-3-4/h1-3,14H,13,15H2,(H,16,17). The van der Waals surface area contributed by atoms with Gasteiger partial charge in [0.15, 0.2) is 0 Å². The fourth-order valence-electron chi connectivity index (χ4n) is 1.48. The Labute approximate surface area is 107 Å². The lowest BCUT2D eigenvalue weighted by Crippen LogP contribution is -2.09. The summed E-state index contributed by atoms with van der Waals surface area (Å²) in [5.74, 6) is 0. The fraction of sp³-hybridized carbons (Fsp3) is 0. The highest BCUT2D eigenvalue weighted by Crippen LogP contribution is 2.35. The number of rotatable bonds is 2. The largest absolute Gasteiger partial charge is 0.398 e. The summed E-state index contributed by atoms with van der Waals surface area (Å²) in [4.78, 5) is 0. The SMILES string of the molecule is N=C(c1cn[nH]c1)c1c(N)cc(Cl)c(Cl)c1N. The summed E-state index contributed by atoms with van der Waals surface area (Å²) in [6.07, 6.45) is 3.08. The quantitative estimate of drug-likeness (QED) is 0.497. The van der Waals surface area contributed by atoms with Crippen molar-refractivity contribution in [3.05, 3.63) is 39.6 Å². The van der Waals surface area contributed by atoms with E-state index in [2.05, 4.69) is 10.2 Å². The van der Waals surface area contributed by atoms with Crippen LogP contribution in [0.3, 0.4) is 0 Å². The van der Waals surface area contributed by atoms with Crippen LogP contribution in [0.2, 0.25) is 10.0 Å². The number of hydrogen-bond acceptors (Lipinski definition) is 4. The lowest BCUT2D eigenvalue weighted by molar-refractivity contribution is 1.09. The number of anilines is 2.